The lowest BCUT2D eigenvalue weighted by Gasteiger charge is -2.33. The topological polar surface area (TPSA) is 121 Å². The first kappa shape index (κ1) is 25.3. The summed E-state index contributed by atoms with van der Waals surface area (Å²) in [5.74, 6) is 0.0703. The van der Waals surface area contributed by atoms with Crippen molar-refractivity contribution in [3.05, 3.63) is 58.1 Å². The molecule has 3 N–H and O–H groups in total. The molecule has 4 heterocycles. The van der Waals surface area contributed by atoms with Gasteiger partial charge in [0.2, 0.25) is 0 Å². The van der Waals surface area contributed by atoms with E-state index < -0.39 is 0 Å². The maximum Gasteiger partial charge on any atom is 0.262 e. The number of nitrogens with zero attached hydrogens (tertiary/aromatic N) is 3. The summed E-state index contributed by atoms with van der Waals surface area (Å²) >= 11 is 2.83. The van der Waals surface area contributed by atoms with E-state index in [-0.39, 0.29) is 17.9 Å². The van der Waals surface area contributed by atoms with E-state index >= 15 is 0 Å². The highest BCUT2D eigenvalue weighted by Gasteiger charge is 2.28. The van der Waals surface area contributed by atoms with E-state index in [1.165, 1.54) is 22.7 Å². The third-order valence-electron chi connectivity index (χ3n) is 6.37. The van der Waals surface area contributed by atoms with Gasteiger partial charge in [-0.2, -0.15) is 0 Å². The highest BCUT2D eigenvalue weighted by atomic mass is 32.1. The number of hydrogen-bond acceptors (Lipinski definition) is 9. The fraction of sp³-hybridized carbons (Fsp3) is 0.308. The smallest absolute Gasteiger partial charge is 0.262 e. The lowest BCUT2D eigenvalue weighted by Crippen LogP contribution is -2.49. The van der Waals surface area contributed by atoms with E-state index in [4.69, 9.17) is 14.7 Å². The molecule has 1 fully saturated rings. The molecule has 0 saturated carbocycles. The number of likely N-dealkylation sites (tertiary alicyclic amines) is 1. The van der Waals surface area contributed by atoms with Gasteiger partial charge in [-0.25, -0.2) is 10.5 Å². The lowest BCUT2D eigenvalue weighted by atomic mass is 10.0. The lowest BCUT2D eigenvalue weighted by molar-refractivity contribution is -0.136. The molecule has 4 aromatic rings. The number of nitrogens with one attached hydrogen (secondary N) is 2. The average Bonchev–Trinajstić information content (AvgIpc) is 3.71. The SMILES string of the molecule is O=C(NCCCN1CCCCC1C(=O)NO)c1sccc1-c1nc(-c2cc(-c3ccccc3)no2)cs1. The van der Waals surface area contributed by atoms with Gasteiger partial charge < -0.3 is 9.84 Å². The second kappa shape index (κ2) is 11.8. The predicted molar refractivity (Wildman–Crippen MR) is 142 cm³/mol. The number of thiophene rings is 1. The van der Waals surface area contributed by atoms with Crippen molar-refractivity contribution < 1.29 is 19.3 Å². The van der Waals surface area contributed by atoms with Crippen molar-refractivity contribution in [2.75, 3.05) is 19.6 Å². The summed E-state index contributed by atoms with van der Waals surface area (Å²) in [6.07, 6.45) is 3.43. The van der Waals surface area contributed by atoms with Crippen molar-refractivity contribution in [3.63, 3.8) is 0 Å². The molecule has 3 aromatic heterocycles. The van der Waals surface area contributed by atoms with Crippen LogP contribution in [0.5, 0.6) is 0 Å². The number of carbonyl (C=O) groups is 2. The molecule has 1 aliphatic rings. The van der Waals surface area contributed by atoms with Crippen molar-refractivity contribution in [1.29, 1.82) is 0 Å². The molecule has 1 atom stereocenters. The van der Waals surface area contributed by atoms with Crippen molar-refractivity contribution in [2.45, 2.75) is 31.7 Å². The predicted octanol–water partition coefficient (Wildman–Crippen LogP) is 4.67. The fourth-order valence-corrected chi connectivity index (χ4v) is 6.22. The van der Waals surface area contributed by atoms with Crippen molar-refractivity contribution in [3.8, 4) is 33.3 Å². The zero-order valence-electron chi connectivity index (χ0n) is 20.1. The molecule has 0 spiro atoms. The zero-order valence-corrected chi connectivity index (χ0v) is 21.7. The second-order valence-electron chi connectivity index (χ2n) is 8.78. The van der Waals surface area contributed by atoms with E-state index in [0.29, 0.717) is 35.8 Å². The number of amides is 2. The fourth-order valence-electron chi connectivity index (χ4n) is 4.50. The Hall–Kier alpha value is -3.38. The number of hydrogen-bond donors (Lipinski definition) is 3. The van der Waals surface area contributed by atoms with Crippen LogP contribution < -0.4 is 10.8 Å². The van der Waals surface area contributed by atoms with E-state index in [0.717, 1.165) is 47.6 Å². The van der Waals surface area contributed by atoms with Crippen LogP contribution in [-0.2, 0) is 4.79 Å². The van der Waals surface area contributed by atoms with Crippen LogP contribution in [0, 0.1) is 0 Å². The normalized spacial score (nSPS) is 16.0. The molecule has 1 aromatic carbocycles. The minimum atomic E-state index is -0.364. The Kier molecular flexibility index (Phi) is 8.05. The monoisotopic (exact) mass is 537 g/mol. The van der Waals surface area contributed by atoms with Gasteiger partial charge in [-0.1, -0.05) is 41.9 Å². The molecule has 1 unspecified atom stereocenters. The first-order valence-electron chi connectivity index (χ1n) is 12.2. The highest BCUT2D eigenvalue weighted by Crippen LogP contribution is 2.34. The first-order chi connectivity index (χ1) is 18.1. The Bertz CT molecular complexity index is 1350. The van der Waals surface area contributed by atoms with Gasteiger partial charge in [0.1, 0.15) is 21.3 Å². The number of piperidine rings is 1. The van der Waals surface area contributed by atoms with Crippen molar-refractivity contribution >= 4 is 34.5 Å². The molecule has 2 amide bonds. The average molecular weight is 538 g/mol. The minimum Gasteiger partial charge on any atom is -0.354 e. The molecular weight excluding hydrogens is 510 g/mol. The highest BCUT2D eigenvalue weighted by molar-refractivity contribution is 7.15. The Morgan fingerprint density at radius 3 is 2.84 bits per heavy atom. The molecule has 0 bridgehead atoms. The van der Waals surface area contributed by atoms with Gasteiger partial charge in [0.05, 0.1) is 6.04 Å². The van der Waals surface area contributed by atoms with Gasteiger partial charge in [-0.3, -0.25) is 19.7 Å². The molecule has 192 valence electrons. The number of benzene rings is 1. The summed E-state index contributed by atoms with van der Waals surface area (Å²) in [6.45, 7) is 1.97. The number of carbonyl (C=O) groups excluding carboxylic acids is 2. The van der Waals surface area contributed by atoms with E-state index in [1.807, 2.05) is 53.2 Å². The summed E-state index contributed by atoms with van der Waals surface area (Å²) in [4.78, 5) is 32.3. The molecule has 1 aliphatic heterocycles. The van der Waals surface area contributed by atoms with Gasteiger partial charge in [-0.05, 0) is 37.3 Å². The number of hydroxylamine groups is 1. The summed E-state index contributed by atoms with van der Waals surface area (Å²) < 4.78 is 5.53. The van der Waals surface area contributed by atoms with Gasteiger partial charge in [-0.15, -0.1) is 22.7 Å². The summed E-state index contributed by atoms with van der Waals surface area (Å²) in [5.41, 5.74) is 4.95. The molecule has 0 aliphatic carbocycles. The molecule has 0 radical (unpaired) electrons. The quantitative estimate of drug-likeness (QED) is 0.161. The van der Waals surface area contributed by atoms with Crippen LogP contribution in [0.3, 0.4) is 0 Å². The Balaban J connectivity index is 1.19. The maximum atomic E-state index is 12.9. The zero-order chi connectivity index (χ0) is 25.6. The third-order valence-corrected chi connectivity index (χ3v) is 8.16. The maximum absolute atomic E-state index is 12.9. The second-order valence-corrected chi connectivity index (χ2v) is 10.6. The Morgan fingerprint density at radius 2 is 2.00 bits per heavy atom. The Labute approximate surface area is 222 Å². The standard InChI is InChI=1S/C26H27N5O4S2/c32-24(29-34)21-9-4-5-12-31(21)13-6-11-27-25(33)23-18(10-14-36-23)26-28-20(16-37-26)22-15-19(30-35-22)17-7-2-1-3-8-17/h1-3,7-8,10,14-16,21,34H,4-6,9,11-13H2,(H,27,33)(H,29,32). The first-order valence-corrected chi connectivity index (χ1v) is 13.9. The number of rotatable bonds is 9. The van der Waals surface area contributed by atoms with Crippen molar-refractivity contribution in [2.24, 2.45) is 0 Å². The van der Waals surface area contributed by atoms with Crippen LogP contribution in [0.2, 0.25) is 0 Å². The number of thiazole rings is 1. The molecular formula is C26H27N5O4S2. The third kappa shape index (κ3) is 5.80. The molecule has 9 nitrogen and oxygen atoms in total. The van der Waals surface area contributed by atoms with E-state index in [9.17, 15) is 9.59 Å². The molecule has 1 saturated heterocycles. The van der Waals surface area contributed by atoms with Gasteiger partial charge in [0, 0.05) is 35.7 Å². The van der Waals surface area contributed by atoms with Crippen LogP contribution in [0.15, 0.2) is 57.7 Å². The van der Waals surface area contributed by atoms with Crippen LogP contribution >= 0.6 is 22.7 Å². The molecule has 11 heteroatoms. The number of aromatic nitrogens is 2. The van der Waals surface area contributed by atoms with Gasteiger partial charge >= 0.3 is 0 Å². The molecule has 37 heavy (non-hydrogen) atoms. The van der Waals surface area contributed by atoms with Gasteiger partial charge in [0.15, 0.2) is 5.76 Å². The van der Waals surface area contributed by atoms with Crippen LogP contribution in [0.25, 0.3) is 33.3 Å². The summed E-state index contributed by atoms with van der Waals surface area (Å²) in [7, 11) is 0. The van der Waals surface area contributed by atoms with Gasteiger partial charge in [0.25, 0.3) is 11.8 Å². The summed E-state index contributed by atoms with van der Waals surface area (Å²) in [6, 6.07) is 13.3. The summed E-state index contributed by atoms with van der Waals surface area (Å²) in [5, 5.41) is 20.7. The minimum absolute atomic E-state index is 0.143. The van der Waals surface area contributed by atoms with E-state index in [2.05, 4.69) is 15.4 Å². The van der Waals surface area contributed by atoms with Crippen molar-refractivity contribution in [1.82, 2.24) is 25.8 Å². The van der Waals surface area contributed by atoms with Crippen LogP contribution in [0.4, 0.5) is 0 Å². The van der Waals surface area contributed by atoms with Crippen LogP contribution in [0.1, 0.15) is 35.4 Å². The Morgan fingerprint density at radius 1 is 1.14 bits per heavy atom. The largest absolute Gasteiger partial charge is 0.354 e. The van der Waals surface area contributed by atoms with E-state index in [1.54, 1.807) is 5.48 Å². The van der Waals surface area contributed by atoms with Crippen LogP contribution in [-0.4, -0.2) is 57.7 Å². The molecule has 5 rings (SSSR count).